The van der Waals surface area contributed by atoms with Crippen LogP contribution in [0.5, 0.6) is 0 Å². The van der Waals surface area contributed by atoms with E-state index < -0.39 is 17.7 Å². The van der Waals surface area contributed by atoms with Crippen molar-refractivity contribution in [2.45, 2.75) is 13.0 Å². The third-order valence-electron chi connectivity index (χ3n) is 3.54. The van der Waals surface area contributed by atoms with E-state index in [2.05, 4.69) is 15.9 Å². The van der Waals surface area contributed by atoms with Crippen LogP contribution in [0.3, 0.4) is 0 Å². The summed E-state index contributed by atoms with van der Waals surface area (Å²) in [6.07, 6.45) is 0. The molecule has 0 amide bonds. The van der Waals surface area contributed by atoms with Gasteiger partial charge in [-0.2, -0.15) is 0 Å². The minimum absolute atomic E-state index is 0.0798. The number of hydrogen-bond acceptors (Lipinski definition) is 2. The van der Waals surface area contributed by atoms with E-state index in [1.807, 2.05) is 25.1 Å². The van der Waals surface area contributed by atoms with Crippen LogP contribution in [0.1, 0.15) is 22.9 Å². The highest BCUT2D eigenvalue weighted by Gasteiger charge is 2.22. The molecule has 0 fully saturated rings. The first kappa shape index (κ1) is 14.2. The molecule has 2 aromatic carbocycles. The Bertz CT molecular complexity index is 829. The van der Waals surface area contributed by atoms with E-state index in [1.165, 1.54) is 12.1 Å². The maximum atomic E-state index is 13.9. The van der Waals surface area contributed by atoms with Crippen LogP contribution in [0.25, 0.3) is 11.0 Å². The van der Waals surface area contributed by atoms with E-state index in [0.29, 0.717) is 11.3 Å². The molecule has 0 bridgehead atoms. The molecule has 0 spiro atoms. The molecule has 2 N–H and O–H groups in total. The minimum atomic E-state index is -0.939. The average molecular weight is 352 g/mol. The highest BCUT2D eigenvalue weighted by atomic mass is 79.9. The van der Waals surface area contributed by atoms with Gasteiger partial charge in [-0.3, -0.25) is 0 Å². The lowest BCUT2D eigenvalue weighted by atomic mass is 10.0. The normalized spacial score (nSPS) is 12.8. The topological polar surface area (TPSA) is 39.2 Å². The Balaban J connectivity index is 2.15. The second kappa shape index (κ2) is 5.24. The van der Waals surface area contributed by atoms with Crippen LogP contribution in [0.15, 0.2) is 45.3 Å². The number of furan rings is 1. The van der Waals surface area contributed by atoms with Gasteiger partial charge in [-0.15, -0.1) is 0 Å². The van der Waals surface area contributed by atoms with Crippen LogP contribution in [-0.4, -0.2) is 0 Å². The van der Waals surface area contributed by atoms with E-state index in [0.717, 1.165) is 21.5 Å². The number of benzene rings is 2. The van der Waals surface area contributed by atoms with Gasteiger partial charge in [0.05, 0.1) is 6.04 Å². The number of halogens is 3. The smallest absolute Gasteiger partial charge is 0.164 e. The predicted octanol–water partition coefficient (Wildman–Crippen LogP) is 4.83. The first-order valence-corrected chi connectivity index (χ1v) is 7.16. The Morgan fingerprint density at radius 1 is 1.19 bits per heavy atom. The zero-order valence-electron chi connectivity index (χ0n) is 11.2. The van der Waals surface area contributed by atoms with Gasteiger partial charge < -0.3 is 10.2 Å². The second-order valence-corrected chi connectivity index (χ2v) is 5.77. The number of nitrogens with two attached hydrogens (primary N) is 1. The maximum absolute atomic E-state index is 13.9. The van der Waals surface area contributed by atoms with Gasteiger partial charge in [0.15, 0.2) is 11.6 Å². The summed E-state index contributed by atoms with van der Waals surface area (Å²) in [5, 5.41) is 0.903. The van der Waals surface area contributed by atoms with E-state index >= 15 is 0 Å². The third kappa shape index (κ3) is 2.36. The second-order valence-electron chi connectivity index (χ2n) is 4.85. The number of rotatable bonds is 2. The number of hydrogen-bond donors (Lipinski definition) is 1. The maximum Gasteiger partial charge on any atom is 0.164 e. The first-order chi connectivity index (χ1) is 9.99. The molecule has 2 nitrogen and oxygen atoms in total. The summed E-state index contributed by atoms with van der Waals surface area (Å²) in [6.45, 7) is 1.85. The van der Waals surface area contributed by atoms with Crippen molar-refractivity contribution in [3.63, 3.8) is 0 Å². The Morgan fingerprint density at radius 2 is 1.95 bits per heavy atom. The van der Waals surface area contributed by atoms with Crippen LogP contribution in [0, 0.1) is 18.6 Å². The van der Waals surface area contributed by atoms with Gasteiger partial charge in [0.1, 0.15) is 11.3 Å². The third-order valence-corrected chi connectivity index (χ3v) is 4.03. The lowest BCUT2D eigenvalue weighted by Gasteiger charge is -2.11. The first-order valence-electron chi connectivity index (χ1n) is 6.37. The monoisotopic (exact) mass is 351 g/mol. The number of aryl methyl sites for hydroxylation is 1. The summed E-state index contributed by atoms with van der Waals surface area (Å²) in [5.74, 6) is -1.42. The fourth-order valence-electron chi connectivity index (χ4n) is 2.42. The molecule has 1 heterocycles. The molecular formula is C16H12BrF2NO. The number of fused-ring (bicyclic) bond motifs is 1. The van der Waals surface area contributed by atoms with E-state index in [4.69, 9.17) is 10.2 Å². The van der Waals surface area contributed by atoms with Crippen molar-refractivity contribution in [1.29, 1.82) is 0 Å². The molecule has 0 saturated heterocycles. The highest BCUT2D eigenvalue weighted by molar-refractivity contribution is 9.10. The van der Waals surface area contributed by atoms with Gasteiger partial charge in [0, 0.05) is 21.0 Å². The molecule has 3 rings (SSSR count). The summed E-state index contributed by atoms with van der Waals surface area (Å²) in [4.78, 5) is 0. The molecule has 108 valence electrons. The van der Waals surface area contributed by atoms with Crippen molar-refractivity contribution in [1.82, 2.24) is 0 Å². The molecule has 1 unspecified atom stereocenters. The van der Waals surface area contributed by atoms with Gasteiger partial charge in [-0.05, 0) is 31.2 Å². The van der Waals surface area contributed by atoms with Crippen LogP contribution in [0.2, 0.25) is 0 Å². The van der Waals surface area contributed by atoms with Crippen molar-refractivity contribution >= 4 is 26.9 Å². The zero-order valence-corrected chi connectivity index (χ0v) is 12.7. The Labute approximate surface area is 128 Å². The van der Waals surface area contributed by atoms with Gasteiger partial charge in [-0.1, -0.05) is 28.1 Å². The summed E-state index contributed by atoms with van der Waals surface area (Å²) in [6, 6.07) is 8.72. The van der Waals surface area contributed by atoms with Crippen LogP contribution >= 0.6 is 15.9 Å². The summed E-state index contributed by atoms with van der Waals surface area (Å²) < 4.78 is 33.9. The molecule has 1 aromatic heterocycles. The molecule has 21 heavy (non-hydrogen) atoms. The molecule has 0 saturated carbocycles. The molecule has 0 radical (unpaired) electrons. The summed E-state index contributed by atoms with van der Waals surface area (Å²) in [5.41, 5.74) is 7.64. The molecular weight excluding hydrogens is 340 g/mol. The van der Waals surface area contributed by atoms with E-state index in [-0.39, 0.29) is 5.56 Å². The van der Waals surface area contributed by atoms with Gasteiger partial charge >= 0.3 is 0 Å². The van der Waals surface area contributed by atoms with Crippen molar-refractivity contribution in [3.8, 4) is 0 Å². The van der Waals surface area contributed by atoms with Crippen molar-refractivity contribution in [2.24, 2.45) is 5.73 Å². The van der Waals surface area contributed by atoms with Gasteiger partial charge in [0.2, 0.25) is 0 Å². The molecule has 0 aliphatic carbocycles. The molecule has 3 aromatic rings. The largest absolute Gasteiger partial charge is 0.459 e. The van der Waals surface area contributed by atoms with E-state index in [9.17, 15) is 8.78 Å². The van der Waals surface area contributed by atoms with Crippen molar-refractivity contribution < 1.29 is 13.2 Å². The predicted molar refractivity (Wildman–Crippen MR) is 81.0 cm³/mol. The fraction of sp³-hybridized carbons (Fsp3) is 0.125. The van der Waals surface area contributed by atoms with Crippen molar-refractivity contribution in [3.05, 3.63) is 69.4 Å². The summed E-state index contributed by atoms with van der Waals surface area (Å²) in [7, 11) is 0. The van der Waals surface area contributed by atoms with Crippen molar-refractivity contribution in [2.75, 3.05) is 0 Å². The molecule has 1 atom stereocenters. The minimum Gasteiger partial charge on any atom is -0.459 e. The van der Waals surface area contributed by atoms with Crippen LogP contribution in [0.4, 0.5) is 8.78 Å². The van der Waals surface area contributed by atoms with Gasteiger partial charge in [-0.25, -0.2) is 8.78 Å². The lowest BCUT2D eigenvalue weighted by Crippen LogP contribution is -2.14. The quantitative estimate of drug-likeness (QED) is 0.718. The molecule has 0 aliphatic heterocycles. The molecule has 5 heteroatoms. The zero-order chi connectivity index (χ0) is 15.1. The Morgan fingerprint density at radius 3 is 2.71 bits per heavy atom. The standard InChI is InChI=1S/C16H12BrF2NO/c1-8-10-6-5-9(17)7-13(10)21-16(8)15(20)11-3-2-4-12(18)14(11)19/h2-7,15H,20H2,1H3. The van der Waals surface area contributed by atoms with Gasteiger partial charge in [0.25, 0.3) is 0 Å². The summed E-state index contributed by atoms with van der Waals surface area (Å²) >= 11 is 3.37. The van der Waals surface area contributed by atoms with Crippen LogP contribution < -0.4 is 5.73 Å². The Kier molecular flexibility index (Phi) is 3.55. The lowest BCUT2D eigenvalue weighted by molar-refractivity contribution is 0.474. The fourth-order valence-corrected chi connectivity index (χ4v) is 2.76. The Hall–Kier alpha value is -1.72. The molecule has 0 aliphatic rings. The average Bonchev–Trinajstić information content (AvgIpc) is 2.78. The highest BCUT2D eigenvalue weighted by Crippen LogP contribution is 2.33. The van der Waals surface area contributed by atoms with Crippen LogP contribution in [-0.2, 0) is 0 Å². The van der Waals surface area contributed by atoms with E-state index in [1.54, 1.807) is 0 Å². The SMILES string of the molecule is Cc1c(C(N)c2cccc(F)c2F)oc2cc(Br)ccc12.